The summed E-state index contributed by atoms with van der Waals surface area (Å²) in [4.78, 5) is 24.7. The molecule has 0 heterocycles. The van der Waals surface area contributed by atoms with Crippen LogP contribution in [0.5, 0.6) is 17.2 Å². The van der Waals surface area contributed by atoms with Gasteiger partial charge in [0.15, 0.2) is 11.5 Å². The summed E-state index contributed by atoms with van der Waals surface area (Å²) in [5, 5.41) is 5.45. The average Bonchev–Trinajstić information content (AvgIpc) is 2.99. The molecule has 0 saturated heterocycles. The van der Waals surface area contributed by atoms with E-state index in [1.54, 1.807) is 36.4 Å². The van der Waals surface area contributed by atoms with Gasteiger partial charge < -0.3 is 24.8 Å². The van der Waals surface area contributed by atoms with E-state index in [1.807, 2.05) is 0 Å². The number of carbonyl (C=O) groups excluding carboxylic acids is 2. The maximum absolute atomic E-state index is 13.4. The molecular weight excluding hydrogens is 530 g/mol. The number of rotatable bonds is 13. The fourth-order valence-corrected chi connectivity index (χ4v) is 4.34. The molecule has 0 bridgehead atoms. The van der Waals surface area contributed by atoms with E-state index in [4.69, 9.17) is 14.2 Å². The van der Waals surface area contributed by atoms with Crippen molar-refractivity contribution in [2.24, 2.45) is 0 Å². The lowest BCUT2D eigenvalue weighted by Gasteiger charge is -2.18. The molecule has 0 unspecified atom stereocenters. The summed E-state index contributed by atoms with van der Waals surface area (Å²) >= 11 is 0. The number of amides is 2. The highest BCUT2D eigenvalue weighted by Gasteiger charge is 2.17. The molecule has 0 aromatic heterocycles. The van der Waals surface area contributed by atoms with Gasteiger partial charge in [0.1, 0.15) is 11.6 Å². The molecule has 0 aliphatic heterocycles. The molecule has 7 nitrogen and oxygen atoms in total. The molecule has 2 N–H and O–H groups in total. The van der Waals surface area contributed by atoms with Gasteiger partial charge >= 0.3 is 0 Å². The second-order valence-electron chi connectivity index (χ2n) is 9.13. The second kappa shape index (κ2) is 15.9. The summed E-state index contributed by atoms with van der Waals surface area (Å²) in [5.74, 6) is 5.62. The van der Waals surface area contributed by atoms with Crippen LogP contribution >= 0.6 is 0 Å². The number of methoxy groups -OCH3 is 3. The molecule has 3 rings (SSSR count). The topological polar surface area (TPSA) is 85.9 Å². The van der Waals surface area contributed by atoms with Crippen LogP contribution in [0.25, 0.3) is 0 Å². The van der Waals surface area contributed by atoms with Crippen molar-refractivity contribution in [3.05, 3.63) is 89.0 Å². The first-order chi connectivity index (χ1) is 19.9. The fraction of sp³-hybridized carbons (Fsp3) is 0.312. The first-order valence-corrected chi connectivity index (χ1v) is 13.2. The highest BCUT2D eigenvalue weighted by molar-refractivity contribution is 5.95. The molecule has 3 aromatic rings. The highest BCUT2D eigenvalue weighted by Crippen LogP contribution is 2.38. The van der Waals surface area contributed by atoms with Crippen LogP contribution in [0.4, 0.5) is 8.78 Å². The Bertz CT molecular complexity index is 1300. The number of unbranched alkanes of at least 4 members (excludes halogenated alkanes) is 1. The van der Waals surface area contributed by atoms with Gasteiger partial charge in [-0.25, -0.2) is 8.78 Å². The van der Waals surface area contributed by atoms with Crippen LogP contribution in [0.15, 0.2) is 60.7 Å². The van der Waals surface area contributed by atoms with Crippen molar-refractivity contribution in [3.63, 3.8) is 0 Å². The molecule has 0 spiro atoms. The van der Waals surface area contributed by atoms with Crippen LogP contribution < -0.4 is 24.8 Å². The van der Waals surface area contributed by atoms with E-state index in [2.05, 4.69) is 22.5 Å². The first kappa shape index (κ1) is 31.0. The third-order valence-electron chi connectivity index (χ3n) is 6.45. The number of benzene rings is 3. The highest BCUT2D eigenvalue weighted by atomic mass is 19.1. The van der Waals surface area contributed by atoms with Crippen molar-refractivity contribution in [2.75, 3.05) is 34.4 Å². The van der Waals surface area contributed by atoms with Crippen molar-refractivity contribution < 1.29 is 32.6 Å². The van der Waals surface area contributed by atoms with Gasteiger partial charge in [0.25, 0.3) is 5.91 Å². The number of nitrogens with one attached hydrogen (secondary N) is 2. The van der Waals surface area contributed by atoms with Crippen LogP contribution in [-0.2, 0) is 4.79 Å². The minimum atomic E-state index is -0.359. The number of ether oxygens (including phenoxy) is 3. The molecule has 3 aromatic carbocycles. The lowest BCUT2D eigenvalue weighted by atomic mass is 9.87. The largest absolute Gasteiger partial charge is 0.493 e. The zero-order valence-electron chi connectivity index (χ0n) is 23.4. The summed E-state index contributed by atoms with van der Waals surface area (Å²) in [6, 6.07) is 15.7. The fourth-order valence-electron chi connectivity index (χ4n) is 4.34. The molecule has 0 radical (unpaired) electrons. The molecule has 0 saturated carbocycles. The second-order valence-corrected chi connectivity index (χ2v) is 9.13. The maximum atomic E-state index is 13.4. The Labute approximate surface area is 239 Å². The molecule has 0 atom stereocenters. The van der Waals surface area contributed by atoms with E-state index in [-0.39, 0.29) is 42.5 Å². The van der Waals surface area contributed by atoms with Gasteiger partial charge in [0, 0.05) is 17.9 Å². The van der Waals surface area contributed by atoms with Crippen molar-refractivity contribution in [1.29, 1.82) is 0 Å². The Balaban J connectivity index is 1.41. The molecule has 41 heavy (non-hydrogen) atoms. The van der Waals surface area contributed by atoms with Gasteiger partial charge in [0.05, 0.1) is 34.4 Å². The number of hydrogen-bond donors (Lipinski definition) is 2. The molecule has 0 aliphatic rings. The first-order valence-electron chi connectivity index (χ1n) is 13.2. The van der Waals surface area contributed by atoms with Gasteiger partial charge in [0.2, 0.25) is 11.7 Å². The van der Waals surface area contributed by atoms with Gasteiger partial charge in [-0.2, -0.15) is 0 Å². The Morgan fingerprint density at radius 2 is 1.27 bits per heavy atom. The summed E-state index contributed by atoms with van der Waals surface area (Å²) < 4.78 is 42.6. The van der Waals surface area contributed by atoms with Crippen molar-refractivity contribution >= 4 is 11.8 Å². The lowest BCUT2D eigenvalue weighted by molar-refractivity contribution is -0.120. The Morgan fingerprint density at radius 3 is 1.76 bits per heavy atom. The third-order valence-corrected chi connectivity index (χ3v) is 6.45. The molecule has 0 fully saturated rings. The number of halogens is 2. The minimum Gasteiger partial charge on any atom is -0.493 e. The summed E-state index contributed by atoms with van der Waals surface area (Å²) in [5.41, 5.74) is 2.21. The Hall–Kier alpha value is -4.58. The van der Waals surface area contributed by atoms with Gasteiger partial charge in [-0.05, 0) is 60.4 Å². The van der Waals surface area contributed by atoms with E-state index in [0.717, 1.165) is 24.0 Å². The van der Waals surface area contributed by atoms with E-state index in [9.17, 15) is 18.4 Å². The van der Waals surface area contributed by atoms with Gasteiger partial charge in [-0.3, -0.25) is 9.59 Å². The summed E-state index contributed by atoms with van der Waals surface area (Å²) in [6.45, 7) is 0.256. The number of hydrogen-bond acceptors (Lipinski definition) is 5. The van der Waals surface area contributed by atoms with Crippen molar-refractivity contribution in [2.45, 2.75) is 31.6 Å². The van der Waals surface area contributed by atoms with Crippen molar-refractivity contribution in [3.8, 4) is 29.1 Å². The standard InChI is InChI=1S/C32H34F2N2O5/c1-39-28-20-24(21-29(40-2)31(28)41-3)32(38)36-19-7-6-18-35-30(37)9-5-4-8-27(22-10-14-25(33)15-11-22)23-12-16-26(34)17-13-23/h10-17,20-21,27H,4-5,8-9,18-19H2,1-3H3,(H,35,37)(H,36,38). The molecule has 2 amide bonds. The van der Waals surface area contributed by atoms with E-state index >= 15 is 0 Å². The third kappa shape index (κ3) is 9.24. The maximum Gasteiger partial charge on any atom is 0.252 e. The predicted octanol–water partition coefficient (Wildman–Crippen LogP) is 5.23. The Kier molecular flexibility index (Phi) is 12.0. The minimum absolute atomic E-state index is 0.0274. The average molecular weight is 565 g/mol. The van der Waals surface area contributed by atoms with Crippen LogP contribution in [0.2, 0.25) is 0 Å². The SMILES string of the molecule is COc1cc(C(=O)NCC#CCNC(=O)CCCCC(c2ccc(F)cc2)c2ccc(F)cc2)cc(OC)c1OC. The molecule has 216 valence electrons. The normalized spacial score (nSPS) is 10.4. The van der Waals surface area contributed by atoms with Crippen molar-refractivity contribution in [1.82, 2.24) is 10.6 Å². The quantitative estimate of drug-likeness (QED) is 0.219. The van der Waals surface area contributed by atoms with E-state index in [1.165, 1.54) is 45.6 Å². The van der Waals surface area contributed by atoms with Crippen LogP contribution in [0.3, 0.4) is 0 Å². The molecular formula is C32H34F2N2O5. The smallest absolute Gasteiger partial charge is 0.252 e. The van der Waals surface area contributed by atoms with Crippen LogP contribution in [0, 0.1) is 23.5 Å². The predicted molar refractivity (Wildman–Crippen MR) is 152 cm³/mol. The summed E-state index contributed by atoms with van der Waals surface area (Å²) in [7, 11) is 4.42. The van der Waals surface area contributed by atoms with Gasteiger partial charge in [-0.1, -0.05) is 42.5 Å². The van der Waals surface area contributed by atoms with E-state index in [0.29, 0.717) is 35.7 Å². The molecule has 9 heteroatoms. The summed E-state index contributed by atoms with van der Waals surface area (Å²) in [6.07, 6.45) is 2.48. The zero-order valence-corrected chi connectivity index (χ0v) is 23.4. The van der Waals surface area contributed by atoms with Crippen LogP contribution in [-0.4, -0.2) is 46.2 Å². The molecule has 0 aliphatic carbocycles. The Morgan fingerprint density at radius 1 is 0.756 bits per heavy atom. The van der Waals surface area contributed by atoms with E-state index < -0.39 is 0 Å². The monoisotopic (exact) mass is 564 g/mol. The zero-order chi connectivity index (χ0) is 29.6. The number of carbonyl (C=O) groups is 2. The van der Waals surface area contributed by atoms with Crippen LogP contribution in [0.1, 0.15) is 53.1 Å². The van der Waals surface area contributed by atoms with Gasteiger partial charge in [-0.15, -0.1) is 0 Å². The lowest BCUT2D eigenvalue weighted by Crippen LogP contribution is -2.25.